The largest absolute Gasteiger partial charge is 0.369 e. The Bertz CT molecular complexity index is 613. The van der Waals surface area contributed by atoms with Crippen molar-refractivity contribution in [1.82, 2.24) is 10.6 Å². The van der Waals surface area contributed by atoms with E-state index in [1.807, 2.05) is 29.2 Å². The first-order chi connectivity index (χ1) is 9.98. The van der Waals surface area contributed by atoms with E-state index in [0.717, 1.165) is 11.4 Å². The Kier molecular flexibility index (Phi) is 3.04. The van der Waals surface area contributed by atoms with Gasteiger partial charge in [-0.3, -0.25) is 14.9 Å². The van der Waals surface area contributed by atoms with Crippen molar-refractivity contribution >= 4 is 29.2 Å². The minimum atomic E-state index is -0.812. The summed E-state index contributed by atoms with van der Waals surface area (Å²) in [4.78, 5) is 36.2. The van der Waals surface area contributed by atoms with Crippen molar-refractivity contribution in [3.8, 4) is 0 Å². The molecule has 0 aliphatic carbocycles. The number of nitrogens with one attached hydrogen (secondary N) is 3. The van der Waals surface area contributed by atoms with Crippen LogP contribution in [0.2, 0.25) is 0 Å². The molecule has 0 radical (unpaired) electrons. The Hall–Kier alpha value is -2.57. The number of carbonyl (C=O) groups excluding carboxylic acids is 3. The molecule has 2 fully saturated rings. The number of amides is 4. The van der Waals surface area contributed by atoms with Gasteiger partial charge >= 0.3 is 6.03 Å². The second kappa shape index (κ2) is 4.76. The molecule has 1 aromatic carbocycles. The summed E-state index contributed by atoms with van der Waals surface area (Å²) in [5.41, 5.74) is 0.870. The molecule has 1 unspecified atom stereocenters. The number of carbonyl (C=O) groups is 3. The smallest absolute Gasteiger partial charge is 0.322 e. The Balaban J connectivity index is 1.73. The summed E-state index contributed by atoms with van der Waals surface area (Å²) in [5.74, 6) is -0.377. The average Bonchev–Trinajstić information content (AvgIpc) is 2.95. The summed E-state index contributed by atoms with van der Waals surface area (Å²) in [6, 6.07) is 6.98. The quantitative estimate of drug-likeness (QED) is 0.688. The van der Waals surface area contributed by atoms with E-state index in [-0.39, 0.29) is 11.8 Å². The van der Waals surface area contributed by atoms with Gasteiger partial charge in [0.2, 0.25) is 5.91 Å². The Labute approximate surface area is 121 Å². The highest BCUT2D eigenvalue weighted by molar-refractivity contribution is 6.07. The fourth-order valence-electron chi connectivity index (χ4n) is 2.80. The molecule has 2 heterocycles. The SMILES string of the molecule is CC(=O)Nc1ccc(N2CCC3(C2)NC(=O)NC3=O)cc1. The lowest BCUT2D eigenvalue weighted by molar-refractivity contribution is -0.123. The van der Waals surface area contributed by atoms with E-state index in [4.69, 9.17) is 0 Å². The van der Waals surface area contributed by atoms with Gasteiger partial charge in [-0.05, 0) is 30.7 Å². The second-order valence-corrected chi connectivity index (χ2v) is 5.39. The molecule has 4 amide bonds. The highest BCUT2D eigenvalue weighted by atomic mass is 16.2. The number of hydrogen-bond donors (Lipinski definition) is 3. The molecule has 110 valence electrons. The molecule has 1 atom stereocenters. The van der Waals surface area contributed by atoms with E-state index in [0.29, 0.717) is 19.5 Å². The second-order valence-electron chi connectivity index (χ2n) is 5.39. The van der Waals surface area contributed by atoms with Crippen LogP contribution in [0.3, 0.4) is 0 Å². The van der Waals surface area contributed by atoms with E-state index in [1.54, 1.807) is 0 Å². The third-order valence-electron chi connectivity index (χ3n) is 3.84. The summed E-state index contributed by atoms with van der Waals surface area (Å²) in [6.07, 6.45) is 0.581. The number of anilines is 2. The van der Waals surface area contributed by atoms with Crippen LogP contribution >= 0.6 is 0 Å². The first-order valence-corrected chi connectivity index (χ1v) is 6.75. The first kappa shape index (κ1) is 13.4. The van der Waals surface area contributed by atoms with Crippen molar-refractivity contribution in [2.75, 3.05) is 23.3 Å². The number of nitrogens with zero attached hydrogens (tertiary/aromatic N) is 1. The fourth-order valence-corrected chi connectivity index (χ4v) is 2.80. The Morgan fingerprint density at radius 2 is 2.00 bits per heavy atom. The van der Waals surface area contributed by atoms with Crippen molar-refractivity contribution in [3.63, 3.8) is 0 Å². The van der Waals surface area contributed by atoms with E-state index in [1.165, 1.54) is 6.92 Å². The van der Waals surface area contributed by atoms with Crippen LogP contribution in [-0.4, -0.2) is 36.5 Å². The predicted molar refractivity (Wildman–Crippen MR) is 77.0 cm³/mol. The molecule has 7 heteroatoms. The molecule has 3 rings (SSSR count). The molecule has 3 N–H and O–H groups in total. The number of benzene rings is 1. The van der Waals surface area contributed by atoms with Gasteiger partial charge in [-0.25, -0.2) is 4.79 Å². The summed E-state index contributed by atoms with van der Waals surface area (Å²) < 4.78 is 0. The van der Waals surface area contributed by atoms with Crippen LogP contribution in [-0.2, 0) is 9.59 Å². The fraction of sp³-hybridized carbons (Fsp3) is 0.357. The van der Waals surface area contributed by atoms with E-state index >= 15 is 0 Å². The topological polar surface area (TPSA) is 90.5 Å². The third-order valence-corrected chi connectivity index (χ3v) is 3.84. The Morgan fingerprint density at radius 3 is 2.57 bits per heavy atom. The van der Waals surface area contributed by atoms with Gasteiger partial charge in [0.25, 0.3) is 5.91 Å². The van der Waals surface area contributed by atoms with Gasteiger partial charge in [-0.15, -0.1) is 0 Å². The van der Waals surface area contributed by atoms with Gasteiger partial charge in [0.15, 0.2) is 0 Å². The van der Waals surface area contributed by atoms with Gasteiger partial charge in [0.1, 0.15) is 5.54 Å². The highest BCUT2D eigenvalue weighted by Crippen LogP contribution is 2.29. The van der Waals surface area contributed by atoms with Gasteiger partial charge in [-0.1, -0.05) is 0 Å². The molecular formula is C14H16N4O3. The van der Waals surface area contributed by atoms with Crippen LogP contribution in [0.25, 0.3) is 0 Å². The molecule has 0 bridgehead atoms. The standard InChI is InChI=1S/C14H16N4O3/c1-9(19)15-10-2-4-11(5-3-10)18-7-6-14(8-18)12(20)16-13(21)17-14/h2-5H,6-8H2,1H3,(H,15,19)(H2,16,17,20,21). The van der Waals surface area contributed by atoms with Gasteiger partial charge in [-0.2, -0.15) is 0 Å². The van der Waals surface area contributed by atoms with Crippen LogP contribution in [0.4, 0.5) is 16.2 Å². The van der Waals surface area contributed by atoms with E-state index < -0.39 is 11.6 Å². The molecule has 1 aromatic rings. The maximum absolute atomic E-state index is 11.9. The molecule has 2 saturated heterocycles. The van der Waals surface area contributed by atoms with Crippen LogP contribution < -0.4 is 20.9 Å². The molecule has 2 aliphatic heterocycles. The summed E-state index contributed by atoms with van der Waals surface area (Å²) in [7, 11) is 0. The monoisotopic (exact) mass is 288 g/mol. The lowest BCUT2D eigenvalue weighted by Gasteiger charge is -2.22. The molecule has 2 aliphatic rings. The Morgan fingerprint density at radius 1 is 1.29 bits per heavy atom. The molecule has 7 nitrogen and oxygen atoms in total. The van der Waals surface area contributed by atoms with Crippen LogP contribution in [0.1, 0.15) is 13.3 Å². The zero-order valence-corrected chi connectivity index (χ0v) is 11.6. The molecule has 0 saturated carbocycles. The molecule has 21 heavy (non-hydrogen) atoms. The maximum Gasteiger partial charge on any atom is 0.322 e. The number of rotatable bonds is 2. The highest BCUT2D eigenvalue weighted by Gasteiger charge is 2.50. The van der Waals surface area contributed by atoms with Crippen molar-refractivity contribution in [1.29, 1.82) is 0 Å². The summed E-state index contributed by atoms with van der Waals surface area (Å²) in [6.45, 7) is 2.59. The normalized spacial score (nSPS) is 24.1. The van der Waals surface area contributed by atoms with Crippen molar-refractivity contribution in [2.45, 2.75) is 18.9 Å². The lowest BCUT2D eigenvalue weighted by atomic mass is 9.99. The minimum Gasteiger partial charge on any atom is -0.369 e. The average molecular weight is 288 g/mol. The number of hydrogen-bond acceptors (Lipinski definition) is 4. The summed E-state index contributed by atoms with van der Waals surface area (Å²) in [5, 5.41) is 7.71. The van der Waals surface area contributed by atoms with Crippen molar-refractivity contribution in [2.24, 2.45) is 0 Å². The van der Waals surface area contributed by atoms with E-state index in [9.17, 15) is 14.4 Å². The first-order valence-electron chi connectivity index (χ1n) is 6.75. The van der Waals surface area contributed by atoms with Gasteiger partial charge in [0.05, 0.1) is 6.54 Å². The lowest BCUT2D eigenvalue weighted by Crippen LogP contribution is -2.49. The van der Waals surface area contributed by atoms with Crippen LogP contribution in [0.15, 0.2) is 24.3 Å². The van der Waals surface area contributed by atoms with Crippen LogP contribution in [0.5, 0.6) is 0 Å². The maximum atomic E-state index is 11.9. The van der Waals surface area contributed by atoms with Gasteiger partial charge in [0, 0.05) is 24.8 Å². The molecule has 1 spiro atoms. The summed E-state index contributed by atoms with van der Waals surface area (Å²) >= 11 is 0. The molecular weight excluding hydrogens is 272 g/mol. The zero-order valence-electron chi connectivity index (χ0n) is 11.6. The van der Waals surface area contributed by atoms with Crippen molar-refractivity contribution in [3.05, 3.63) is 24.3 Å². The third kappa shape index (κ3) is 2.42. The molecule has 0 aromatic heterocycles. The predicted octanol–water partition coefficient (Wildman–Crippen LogP) is 0.433. The number of urea groups is 1. The minimum absolute atomic E-state index is 0.117. The number of imide groups is 1. The van der Waals surface area contributed by atoms with Crippen molar-refractivity contribution < 1.29 is 14.4 Å². The van der Waals surface area contributed by atoms with E-state index in [2.05, 4.69) is 16.0 Å². The zero-order chi connectivity index (χ0) is 15.0. The van der Waals surface area contributed by atoms with Gasteiger partial charge < -0.3 is 15.5 Å². The van der Waals surface area contributed by atoms with Crippen LogP contribution in [0, 0.1) is 0 Å².